The Kier molecular flexibility index (Phi) is 3.56. The summed E-state index contributed by atoms with van der Waals surface area (Å²) in [6, 6.07) is 7.33. The van der Waals surface area contributed by atoms with E-state index in [-0.39, 0.29) is 6.42 Å². The van der Waals surface area contributed by atoms with Crippen molar-refractivity contribution >= 4 is 18.7 Å². The fourth-order valence-corrected chi connectivity index (χ4v) is 3.31. The van der Waals surface area contributed by atoms with Crippen LogP contribution in [0.3, 0.4) is 0 Å². The smallest absolute Gasteiger partial charge is 0.272 e. The number of phosphoric ester groups is 1. The summed E-state index contributed by atoms with van der Waals surface area (Å²) in [5.41, 5.74) is 0.432. The summed E-state index contributed by atoms with van der Waals surface area (Å²) in [5.74, 6) is 0. The van der Waals surface area contributed by atoms with Crippen LogP contribution in [0.4, 0.5) is 0 Å². The average Bonchev–Trinajstić information content (AvgIpc) is 2.93. The first-order valence-electron chi connectivity index (χ1n) is 10.6. The van der Waals surface area contributed by atoms with Gasteiger partial charge < -0.3 is 18.9 Å². The van der Waals surface area contributed by atoms with Gasteiger partial charge in [-0.1, -0.05) is 18.2 Å². The Morgan fingerprint density at radius 3 is 2.71 bits per heavy atom. The van der Waals surface area contributed by atoms with Gasteiger partial charge in [0.05, 0.1) is 34.3 Å². The van der Waals surface area contributed by atoms with Crippen LogP contribution in [0.5, 0.6) is 0 Å². The molecule has 0 aliphatic carbocycles. The first kappa shape index (κ1) is 12.2. The highest BCUT2D eigenvalue weighted by Crippen LogP contribution is 2.43. The monoisotopic (exact) mass is 360 g/mol. The predicted octanol–water partition coefficient (Wildman–Crippen LogP) is 3.04. The van der Waals surface area contributed by atoms with Crippen molar-refractivity contribution < 1.29 is 31.2 Å². The van der Waals surface area contributed by atoms with Gasteiger partial charge in [-0.15, -0.1) is 0 Å². The summed E-state index contributed by atoms with van der Waals surface area (Å²) in [5, 5.41) is 0.832. The third-order valence-electron chi connectivity index (χ3n) is 3.26. The Morgan fingerprint density at radius 1 is 1.33 bits per heavy atom. The molecule has 0 fully saturated rings. The van der Waals surface area contributed by atoms with E-state index in [9.17, 15) is 9.46 Å². The van der Waals surface area contributed by atoms with E-state index in [0.29, 0.717) is 0 Å². The Balaban J connectivity index is 2.35. The minimum absolute atomic E-state index is 0.0768. The van der Waals surface area contributed by atoms with Crippen molar-refractivity contribution in [3.63, 3.8) is 0 Å². The third kappa shape index (κ3) is 5.72. The molecule has 0 radical (unpaired) electrons. The molecule has 0 amide bonds. The van der Waals surface area contributed by atoms with Gasteiger partial charge in [-0.2, -0.15) is 0 Å². The zero-order valence-electron chi connectivity index (χ0n) is 20.0. The second kappa shape index (κ2) is 6.98. The summed E-state index contributed by atoms with van der Waals surface area (Å²) in [6.07, 6.45) is 1.76. The maximum absolute atomic E-state index is 12.2. The highest BCUT2D eigenvalue weighted by Gasteiger charge is 2.24. The molecule has 24 heavy (non-hydrogen) atoms. The molecule has 0 saturated carbocycles. The standard InChI is InChI=1S/C17H27N2O4P/c1-17(2,3)23-24(20,21)22-13-19(4,5)11-10-14-12-18-16-9-7-6-8-15(14)16/h6-9,12,18H,10-11,13H2,1-5H3/i4D3,5D3. The van der Waals surface area contributed by atoms with Crippen molar-refractivity contribution in [3.05, 3.63) is 36.0 Å². The van der Waals surface area contributed by atoms with Crippen LogP contribution in [-0.4, -0.2) is 42.3 Å². The molecule has 0 aliphatic rings. The van der Waals surface area contributed by atoms with Crippen molar-refractivity contribution in [3.8, 4) is 0 Å². The summed E-state index contributed by atoms with van der Waals surface area (Å²) in [7, 11) is -4.94. The summed E-state index contributed by atoms with van der Waals surface area (Å²) < 4.78 is 67.7. The van der Waals surface area contributed by atoms with Crippen LogP contribution in [0.15, 0.2) is 30.5 Å². The number of fused-ring (bicyclic) bond motifs is 1. The number of nitrogens with zero attached hydrogens (tertiary/aromatic N) is 1. The van der Waals surface area contributed by atoms with Crippen LogP contribution < -0.4 is 4.89 Å². The number of benzene rings is 1. The number of para-hydroxylation sites is 1. The van der Waals surface area contributed by atoms with Crippen LogP contribution in [0.2, 0.25) is 0 Å². The fourth-order valence-electron chi connectivity index (χ4n) is 2.25. The third-order valence-corrected chi connectivity index (χ3v) is 4.46. The highest BCUT2D eigenvalue weighted by molar-refractivity contribution is 7.45. The summed E-state index contributed by atoms with van der Waals surface area (Å²) >= 11 is 0. The Hall–Kier alpha value is -1.17. The topological polar surface area (TPSA) is 74.4 Å². The van der Waals surface area contributed by atoms with Gasteiger partial charge in [0.1, 0.15) is 0 Å². The number of quaternary nitrogens is 1. The van der Waals surface area contributed by atoms with E-state index < -0.39 is 45.1 Å². The number of aromatic amines is 1. The molecule has 1 aromatic heterocycles. The number of rotatable bonds is 7. The first-order valence-corrected chi connectivity index (χ1v) is 9.02. The zero-order valence-corrected chi connectivity index (χ0v) is 14.9. The van der Waals surface area contributed by atoms with Gasteiger partial charge in [0.2, 0.25) is 0 Å². The number of nitrogens with one attached hydrogen (secondary N) is 1. The van der Waals surface area contributed by atoms with E-state index in [1.54, 1.807) is 6.20 Å². The normalized spacial score (nSPS) is 20.3. The lowest BCUT2D eigenvalue weighted by molar-refractivity contribution is -0.906. The lowest BCUT2D eigenvalue weighted by Gasteiger charge is -2.35. The van der Waals surface area contributed by atoms with Gasteiger partial charge in [0.15, 0.2) is 6.73 Å². The number of hydrogen-bond donors (Lipinski definition) is 1. The van der Waals surface area contributed by atoms with Gasteiger partial charge in [0, 0.05) is 23.5 Å². The van der Waals surface area contributed by atoms with Crippen molar-refractivity contribution in [1.29, 1.82) is 0 Å². The average molecular weight is 360 g/mol. The molecule has 0 bridgehead atoms. The van der Waals surface area contributed by atoms with Crippen LogP contribution in [0.1, 0.15) is 34.6 Å². The number of hydrogen-bond acceptors (Lipinski definition) is 4. The van der Waals surface area contributed by atoms with Gasteiger partial charge >= 0.3 is 0 Å². The van der Waals surface area contributed by atoms with E-state index in [1.807, 2.05) is 24.3 Å². The molecule has 1 heterocycles. The van der Waals surface area contributed by atoms with E-state index in [2.05, 4.69) is 4.98 Å². The second-order valence-electron chi connectivity index (χ2n) is 6.71. The molecule has 6 nitrogen and oxygen atoms in total. The number of H-pyrrole nitrogens is 1. The Morgan fingerprint density at radius 2 is 2.04 bits per heavy atom. The Bertz CT molecular complexity index is 905. The second-order valence-corrected chi connectivity index (χ2v) is 8.05. The molecule has 1 atom stereocenters. The van der Waals surface area contributed by atoms with Crippen LogP contribution in [-0.2, 0) is 20.0 Å². The molecule has 1 unspecified atom stereocenters. The van der Waals surface area contributed by atoms with E-state index in [1.165, 1.54) is 20.8 Å². The van der Waals surface area contributed by atoms with Gasteiger partial charge in [-0.3, -0.25) is 9.09 Å². The van der Waals surface area contributed by atoms with E-state index in [4.69, 9.17) is 17.3 Å². The van der Waals surface area contributed by atoms with Crippen molar-refractivity contribution in [2.45, 2.75) is 32.8 Å². The molecule has 134 valence electrons. The van der Waals surface area contributed by atoms with E-state index >= 15 is 0 Å². The molecule has 1 aromatic carbocycles. The quantitative estimate of drug-likeness (QED) is 0.468. The highest BCUT2D eigenvalue weighted by atomic mass is 31.2. The predicted molar refractivity (Wildman–Crippen MR) is 93.4 cm³/mol. The molecule has 2 aromatic rings. The molecule has 7 heteroatoms. The number of likely N-dealkylation sites (N-methyl/N-ethyl adjacent to an activating group) is 1. The fraction of sp³-hybridized carbons (Fsp3) is 0.529. The number of phosphoric acid groups is 1. The SMILES string of the molecule is [2H]C([2H])([2H])[N+](CCc1c[nH]c2ccccc12)(COP(=O)([O-])OC(C)(C)C)C([2H])([2H])[2H]. The summed E-state index contributed by atoms with van der Waals surface area (Å²) in [6.45, 7) is -3.20. The van der Waals surface area contributed by atoms with Crippen molar-refractivity contribution in [2.24, 2.45) is 0 Å². The molecule has 1 N–H and O–H groups in total. The maximum atomic E-state index is 12.2. The molecular formula is C17H27N2O4P. The minimum atomic E-state index is -4.94. The largest absolute Gasteiger partial charge is 0.756 e. The molecule has 0 saturated heterocycles. The first-order chi connectivity index (χ1) is 13.5. The molecule has 0 spiro atoms. The molecule has 2 rings (SSSR count). The van der Waals surface area contributed by atoms with Gasteiger partial charge in [-0.05, 0) is 32.4 Å². The van der Waals surface area contributed by atoms with Gasteiger partial charge in [0.25, 0.3) is 7.82 Å². The van der Waals surface area contributed by atoms with Crippen LogP contribution in [0.25, 0.3) is 10.9 Å². The van der Waals surface area contributed by atoms with Crippen LogP contribution >= 0.6 is 7.82 Å². The maximum Gasteiger partial charge on any atom is 0.272 e. The van der Waals surface area contributed by atoms with Crippen molar-refractivity contribution in [2.75, 3.05) is 27.2 Å². The van der Waals surface area contributed by atoms with Crippen LogP contribution in [0, 0.1) is 0 Å². The zero-order chi connectivity index (χ0) is 23.0. The Labute approximate surface area is 152 Å². The molecule has 0 aliphatic heterocycles. The van der Waals surface area contributed by atoms with Gasteiger partial charge in [-0.25, -0.2) is 0 Å². The van der Waals surface area contributed by atoms with Crippen molar-refractivity contribution in [1.82, 2.24) is 4.98 Å². The lowest BCUT2D eigenvalue weighted by atomic mass is 10.1. The molecular weight excluding hydrogens is 327 g/mol. The van der Waals surface area contributed by atoms with E-state index in [0.717, 1.165) is 16.5 Å². The number of aromatic nitrogens is 1. The minimum Gasteiger partial charge on any atom is -0.756 e. The lowest BCUT2D eigenvalue weighted by Crippen LogP contribution is -2.43. The summed E-state index contributed by atoms with van der Waals surface area (Å²) in [4.78, 5) is 15.2.